The van der Waals surface area contributed by atoms with Crippen LogP contribution in [0.1, 0.15) is 67.4 Å². The van der Waals surface area contributed by atoms with Crippen molar-refractivity contribution in [3.63, 3.8) is 0 Å². The Morgan fingerprint density at radius 1 is 1.08 bits per heavy atom. The number of likely N-dealkylation sites (tertiary alicyclic amines) is 1. The van der Waals surface area contributed by atoms with Crippen molar-refractivity contribution in [1.29, 1.82) is 0 Å². The second-order valence-corrected chi connectivity index (χ2v) is 17.7. The van der Waals surface area contributed by atoms with Gasteiger partial charge in [0.2, 0.25) is 15.9 Å². The molecule has 2 saturated heterocycles. The summed E-state index contributed by atoms with van der Waals surface area (Å²) in [5, 5.41) is -0.491. The maximum absolute atomic E-state index is 16.5. The zero-order valence-corrected chi connectivity index (χ0v) is 30.7. The molecule has 52 heavy (non-hydrogen) atoms. The van der Waals surface area contributed by atoms with Gasteiger partial charge in [-0.1, -0.05) is 30.7 Å². The predicted octanol–water partition coefficient (Wildman–Crippen LogP) is 6.01. The number of benzene rings is 2. The summed E-state index contributed by atoms with van der Waals surface area (Å²) in [6.07, 6.45) is 0.375. The van der Waals surface area contributed by atoms with E-state index in [1.165, 1.54) is 19.1 Å². The summed E-state index contributed by atoms with van der Waals surface area (Å²) >= 11 is 6.40. The molecule has 1 aliphatic carbocycles. The summed E-state index contributed by atoms with van der Waals surface area (Å²) in [6, 6.07) is 8.81. The van der Waals surface area contributed by atoms with Gasteiger partial charge in [0, 0.05) is 48.2 Å². The summed E-state index contributed by atoms with van der Waals surface area (Å²) in [4.78, 5) is 32.4. The van der Waals surface area contributed by atoms with E-state index in [-0.39, 0.29) is 18.0 Å². The first kappa shape index (κ1) is 37.0. The summed E-state index contributed by atoms with van der Waals surface area (Å²) in [6.45, 7) is 3.34. The number of aryl methyl sites for hydroxylation is 1. The Kier molecular flexibility index (Phi) is 9.82. The molecular weight excluding hydrogens is 724 g/mol. The number of rotatable bonds is 1. The first-order valence-corrected chi connectivity index (χ1v) is 19.8. The van der Waals surface area contributed by atoms with Crippen molar-refractivity contribution < 1.29 is 40.3 Å². The van der Waals surface area contributed by atoms with Crippen LogP contribution in [0.4, 0.5) is 23.2 Å². The minimum absolute atomic E-state index is 0.0795. The normalized spacial score (nSPS) is 31.0. The van der Waals surface area contributed by atoms with Gasteiger partial charge in [-0.2, -0.15) is 13.2 Å². The van der Waals surface area contributed by atoms with Gasteiger partial charge in [-0.15, -0.1) is 0 Å². The molecule has 2 amide bonds. The molecule has 0 unspecified atom stereocenters. The molecule has 0 saturated carbocycles. The van der Waals surface area contributed by atoms with Crippen molar-refractivity contribution in [3.8, 4) is 5.75 Å². The third-order valence-electron chi connectivity index (χ3n) is 11.8. The third-order valence-corrected chi connectivity index (χ3v) is 14.0. The molecule has 2 aromatic carbocycles. The minimum Gasteiger partial charge on any atom is -0.490 e. The van der Waals surface area contributed by atoms with Crippen LogP contribution in [0.25, 0.3) is 0 Å². The number of allylic oxidation sites excluding steroid dienone is 1. The highest BCUT2D eigenvalue weighted by molar-refractivity contribution is 7.90. The zero-order chi connectivity index (χ0) is 37.2. The van der Waals surface area contributed by atoms with Gasteiger partial charge in [-0.05, 0) is 99.4 Å². The lowest BCUT2D eigenvalue weighted by atomic mass is 9.70. The SMILES string of the molecule is C[C@@H]1[C@@H](C)C/C=C(\F)[C@H](C(=O)N2CC(C(F)(F)F)C2)N2CCC[C@H]2CN2C[C@@]3(CCCc4cc(Cl)ccc43)COc3ccc(cc32)C(=O)NS1(=O)=O. The fourth-order valence-electron chi connectivity index (χ4n) is 8.55. The van der Waals surface area contributed by atoms with Crippen LogP contribution in [-0.2, 0) is 26.7 Å². The van der Waals surface area contributed by atoms with Crippen molar-refractivity contribution in [2.75, 3.05) is 44.2 Å². The second kappa shape index (κ2) is 13.8. The molecule has 2 fully saturated rings. The lowest BCUT2D eigenvalue weighted by Gasteiger charge is -2.44. The van der Waals surface area contributed by atoms with Crippen LogP contribution in [0, 0.1) is 11.8 Å². The van der Waals surface area contributed by atoms with Gasteiger partial charge in [0.25, 0.3) is 5.91 Å². The van der Waals surface area contributed by atoms with Crippen molar-refractivity contribution in [3.05, 3.63) is 70.0 Å². The molecule has 9 nitrogen and oxygen atoms in total. The molecule has 2 aromatic rings. The van der Waals surface area contributed by atoms with Crippen LogP contribution in [-0.4, -0.2) is 92.9 Å². The van der Waals surface area contributed by atoms with Gasteiger partial charge in [-0.3, -0.25) is 14.5 Å². The number of ether oxygens (including phenoxy) is 1. The number of anilines is 1. The van der Waals surface area contributed by atoms with E-state index in [0.717, 1.165) is 35.3 Å². The lowest BCUT2D eigenvalue weighted by molar-refractivity contribution is -0.210. The van der Waals surface area contributed by atoms with E-state index in [4.69, 9.17) is 16.3 Å². The Morgan fingerprint density at radius 3 is 2.60 bits per heavy atom. The molecule has 282 valence electrons. The number of sulfonamides is 1. The van der Waals surface area contributed by atoms with E-state index < -0.39 is 75.5 Å². The topological polar surface area (TPSA) is 99.3 Å². The highest BCUT2D eigenvalue weighted by atomic mass is 35.5. The van der Waals surface area contributed by atoms with E-state index in [1.807, 2.05) is 18.2 Å². The Hall–Kier alpha value is -3.36. The number of hydrogen-bond acceptors (Lipinski definition) is 7. The number of amides is 2. The number of nitrogens with zero attached hydrogens (tertiary/aromatic N) is 3. The average Bonchev–Trinajstić information content (AvgIpc) is 3.44. The van der Waals surface area contributed by atoms with E-state index in [2.05, 4.69) is 9.62 Å². The van der Waals surface area contributed by atoms with E-state index in [0.29, 0.717) is 55.5 Å². The van der Waals surface area contributed by atoms with E-state index >= 15 is 4.39 Å². The fraction of sp³-hybridized carbons (Fsp3) is 0.568. The van der Waals surface area contributed by atoms with Crippen molar-refractivity contribution in [2.24, 2.45) is 11.8 Å². The number of carbonyl (C=O) groups is 2. The molecule has 15 heteroatoms. The first-order chi connectivity index (χ1) is 24.6. The van der Waals surface area contributed by atoms with Gasteiger partial charge in [0.05, 0.1) is 23.5 Å². The minimum atomic E-state index is -4.46. The molecule has 5 atom stereocenters. The standard InChI is InChI=1S/C37H43ClF4N4O5S/c1-22-7-11-30(39)33(35(48)44-17-26(18-44)37(40,41)42)46-14-4-6-28(46)19-45-20-36(13-3-5-24-15-27(38)9-10-29(24)36)21-51-32-12-8-25(16-31(32)45)34(47)43-52(49,50)23(22)2/h8-12,15-16,22-23,26,28,33H,3-7,13-14,17-21H2,1-2H3,(H,43,47)/b30-11-/t22-,23+,28-,33+,36-/m0/s1. The molecular formula is C37H43ClF4N4O5S. The van der Waals surface area contributed by atoms with Crippen LogP contribution in [0.2, 0.25) is 5.02 Å². The zero-order valence-electron chi connectivity index (χ0n) is 29.1. The monoisotopic (exact) mass is 766 g/mol. The molecule has 1 spiro atoms. The van der Waals surface area contributed by atoms with Crippen molar-refractivity contribution >= 4 is 39.1 Å². The molecule has 0 aromatic heterocycles. The van der Waals surface area contributed by atoms with Crippen LogP contribution in [0.15, 0.2) is 48.3 Å². The maximum Gasteiger partial charge on any atom is 0.395 e. The van der Waals surface area contributed by atoms with E-state index in [1.54, 1.807) is 24.0 Å². The van der Waals surface area contributed by atoms with Crippen molar-refractivity contribution in [2.45, 2.75) is 81.3 Å². The molecule has 4 heterocycles. The number of nitrogens with one attached hydrogen (secondary N) is 1. The largest absolute Gasteiger partial charge is 0.490 e. The number of hydrogen-bond donors (Lipinski definition) is 1. The molecule has 5 aliphatic rings. The number of alkyl halides is 3. The van der Waals surface area contributed by atoms with Crippen LogP contribution < -0.4 is 14.4 Å². The average molecular weight is 767 g/mol. The Balaban J connectivity index is 1.32. The molecule has 4 aliphatic heterocycles. The molecule has 7 rings (SSSR count). The fourth-order valence-corrected chi connectivity index (χ4v) is 10.0. The number of halogens is 5. The molecule has 2 bridgehead atoms. The smallest absolute Gasteiger partial charge is 0.395 e. The Bertz CT molecular complexity index is 1890. The molecule has 0 radical (unpaired) electrons. The van der Waals surface area contributed by atoms with Gasteiger partial charge < -0.3 is 14.5 Å². The highest BCUT2D eigenvalue weighted by Gasteiger charge is 2.52. The van der Waals surface area contributed by atoms with Gasteiger partial charge >= 0.3 is 6.18 Å². The highest BCUT2D eigenvalue weighted by Crippen LogP contribution is 2.45. The Labute approximate surface area is 306 Å². The van der Waals surface area contributed by atoms with Crippen molar-refractivity contribution in [1.82, 2.24) is 14.5 Å². The van der Waals surface area contributed by atoms with Gasteiger partial charge in [0.1, 0.15) is 17.6 Å². The van der Waals surface area contributed by atoms with Gasteiger partial charge in [-0.25, -0.2) is 17.5 Å². The van der Waals surface area contributed by atoms with Crippen LogP contribution in [0.5, 0.6) is 5.75 Å². The Morgan fingerprint density at radius 2 is 1.85 bits per heavy atom. The third kappa shape index (κ3) is 6.90. The first-order valence-electron chi connectivity index (χ1n) is 17.9. The quantitative estimate of drug-likeness (QED) is 0.356. The number of fused-ring (bicyclic) bond motifs is 4. The maximum atomic E-state index is 16.5. The lowest BCUT2D eigenvalue weighted by Crippen LogP contribution is -2.61. The molecule has 1 N–H and O–H groups in total. The predicted molar refractivity (Wildman–Crippen MR) is 189 cm³/mol. The van der Waals surface area contributed by atoms with Crippen LogP contribution >= 0.6 is 11.6 Å². The summed E-state index contributed by atoms with van der Waals surface area (Å²) in [5.74, 6) is -4.21. The summed E-state index contributed by atoms with van der Waals surface area (Å²) in [7, 11) is -4.23. The van der Waals surface area contributed by atoms with Gasteiger partial charge in [0.15, 0.2) is 0 Å². The summed E-state index contributed by atoms with van der Waals surface area (Å²) < 4.78 is 92.4. The van der Waals surface area contributed by atoms with Crippen LogP contribution in [0.3, 0.4) is 0 Å². The number of carbonyl (C=O) groups excluding carboxylic acids is 2. The second-order valence-electron chi connectivity index (χ2n) is 15.2. The van der Waals surface area contributed by atoms with E-state index in [9.17, 15) is 31.2 Å². The summed E-state index contributed by atoms with van der Waals surface area (Å²) in [5.41, 5.74) is 2.39.